The van der Waals surface area contributed by atoms with Crippen molar-refractivity contribution in [2.45, 2.75) is 13.3 Å². The van der Waals surface area contributed by atoms with Gasteiger partial charge in [-0.1, -0.05) is 23.4 Å². The van der Waals surface area contributed by atoms with E-state index >= 15 is 0 Å². The second-order valence-corrected chi connectivity index (χ2v) is 4.61. The number of nitrogens with one attached hydrogen (secondary N) is 1. The molecule has 20 heavy (non-hydrogen) atoms. The summed E-state index contributed by atoms with van der Waals surface area (Å²) >= 11 is 0. The fourth-order valence-electron chi connectivity index (χ4n) is 2.27. The van der Waals surface area contributed by atoms with E-state index in [9.17, 15) is 9.59 Å². The summed E-state index contributed by atoms with van der Waals surface area (Å²) < 4.78 is 4.84. The summed E-state index contributed by atoms with van der Waals surface area (Å²) in [6.07, 6.45) is 0.762. The molecule has 0 fully saturated rings. The van der Waals surface area contributed by atoms with Crippen LogP contribution in [-0.4, -0.2) is 23.5 Å². The first-order chi connectivity index (χ1) is 9.65. The van der Waals surface area contributed by atoms with Crippen LogP contribution < -0.4 is 10.2 Å². The lowest BCUT2D eigenvalue weighted by atomic mass is 10.2. The van der Waals surface area contributed by atoms with E-state index in [-0.39, 0.29) is 5.82 Å². The van der Waals surface area contributed by atoms with Crippen LogP contribution in [0.4, 0.5) is 11.5 Å². The lowest BCUT2D eigenvalue weighted by Crippen LogP contribution is -2.38. The molecular weight excluding hydrogens is 258 g/mol. The maximum atomic E-state index is 12.2. The van der Waals surface area contributed by atoms with E-state index in [2.05, 4.69) is 10.5 Å². The highest BCUT2D eigenvalue weighted by Crippen LogP contribution is 2.27. The Labute approximate surface area is 115 Å². The molecule has 2 heterocycles. The predicted octanol–water partition coefficient (Wildman–Crippen LogP) is 1.51. The van der Waals surface area contributed by atoms with Crippen molar-refractivity contribution in [1.82, 2.24) is 5.16 Å². The number of nitrogens with zero attached hydrogens (tertiary/aromatic N) is 2. The zero-order chi connectivity index (χ0) is 14.1. The molecule has 0 radical (unpaired) electrons. The van der Waals surface area contributed by atoms with Crippen molar-refractivity contribution < 1.29 is 14.1 Å². The van der Waals surface area contributed by atoms with Crippen LogP contribution in [0.25, 0.3) is 0 Å². The number of hydrogen-bond donors (Lipinski definition) is 1. The first-order valence-corrected chi connectivity index (χ1v) is 6.29. The van der Waals surface area contributed by atoms with E-state index in [1.54, 1.807) is 13.0 Å². The summed E-state index contributed by atoms with van der Waals surface area (Å²) in [5.74, 6) is -0.488. The number of benzene rings is 1. The number of para-hydroxylation sites is 1. The van der Waals surface area contributed by atoms with Crippen molar-refractivity contribution in [3.05, 3.63) is 41.7 Å². The van der Waals surface area contributed by atoms with E-state index in [4.69, 9.17) is 4.52 Å². The van der Waals surface area contributed by atoms with Crippen LogP contribution >= 0.6 is 0 Å². The van der Waals surface area contributed by atoms with Crippen molar-refractivity contribution in [1.29, 1.82) is 0 Å². The van der Waals surface area contributed by atoms with Gasteiger partial charge in [0.2, 0.25) is 0 Å². The normalized spacial score (nSPS) is 13.2. The Morgan fingerprint density at radius 1 is 1.35 bits per heavy atom. The van der Waals surface area contributed by atoms with E-state index in [0.29, 0.717) is 12.3 Å². The van der Waals surface area contributed by atoms with Gasteiger partial charge in [0.25, 0.3) is 0 Å². The number of carbonyl (C=O) groups excluding carboxylic acids is 2. The molecule has 0 saturated heterocycles. The number of hydrogen-bond acceptors (Lipinski definition) is 4. The molecule has 0 spiro atoms. The monoisotopic (exact) mass is 271 g/mol. The van der Waals surface area contributed by atoms with Crippen LogP contribution in [0, 0.1) is 6.92 Å². The average Bonchev–Trinajstić information content (AvgIpc) is 3.04. The topological polar surface area (TPSA) is 75.4 Å². The summed E-state index contributed by atoms with van der Waals surface area (Å²) in [4.78, 5) is 25.6. The van der Waals surface area contributed by atoms with Gasteiger partial charge in [-0.05, 0) is 25.0 Å². The van der Waals surface area contributed by atoms with E-state index in [0.717, 1.165) is 17.7 Å². The molecule has 1 aliphatic heterocycles. The fourth-order valence-corrected chi connectivity index (χ4v) is 2.27. The van der Waals surface area contributed by atoms with Gasteiger partial charge in [-0.25, -0.2) is 0 Å². The van der Waals surface area contributed by atoms with Gasteiger partial charge in [0, 0.05) is 18.3 Å². The molecular formula is C14H13N3O3. The van der Waals surface area contributed by atoms with Gasteiger partial charge >= 0.3 is 11.8 Å². The van der Waals surface area contributed by atoms with Crippen LogP contribution in [0.1, 0.15) is 11.3 Å². The molecule has 1 aliphatic rings. The second-order valence-electron chi connectivity index (χ2n) is 4.61. The highest BCUT2D eigenvalue weighted by atomic mass is 16.5. The molecule has 0 atom stereocenters. The molecule has 1 aromatic carbocycles. The molecule has 102 valence electrons. The zero-order valence-corrected chi connectivity index (χ0v) is 10.9. The summed E-state index contributed by atoms with van der Waals surface area (Å²) in [5, 5.41) is 6.07. The Hall–Kier alpha value is -2.63. The Bertz CT molecular complexity index is 678. The number of aryl methyl sites for hydroxylation is 1. The molecule has 6 nitrogen and oxygen atoms in total. The second kappa shape index (κ2) is 4.80. The van der Waals surface area contributed by atoms with Gasteiger partial charge < -0.3 is 9.42 Å². The number of amides is 2. The summed E-state index contributed by atoms with van der Waals surface area (Å²) in [6, 6.07) is 9.13. The highest BCUT2D eigenvalue weighted by Gasteiger charge is 2.29. The molecule has 0 unspecified atom stereocenters. The highest BCUT2D eigenvalue weighted by molar-refractivity contribution is 6.44. The van der Waals surface area contributed by atoms with Crippen molar-refractivity contribution in [2.75, 3.05) is 16.8 Å². The molecule has 0 aliphatic carbocycles. The van der Waals surface area contributed by atoms with Gasteiger partial charge in [-0.2, -0.15) is 0 Å². The van der Waals surface area contributed by atoms with Crippen molar-refractivity contribution in [2.24, 2.45) is 0 Å². The van der Waals surface area contributed by atoms with Gasteiger partial charge in [0.05, 0.1) is 0 Å². The van der Waals surface area contributed by atoms with Crippen molar-refractivity contribution in [3.8, 4) is 0 Å². The van der Waals surface area contributed by atoms with Crippen molar-refractivity contribution >= 4 is 23.3 Å². The first-order valence-electron chi connectivity index (χ1n) is 6.29. The summed E-state index contributed by atoms with van der Waals surface area (Å²) in [6.45, 7) is 2.23. The molecule has 0 saturated carbocycles. The minimum atomic E-state index is -0.713. The molecule has 2 amide bonds. The summed E-state index contributed by atoms with van der Waals surface area (Å²) in [5.41, 5.74) is 1.87. The predicted molar refractivity (Wildman–Crippen MR) is 72.4 cm³/mol. The summed E-state index contributed by atoms with van der Waals surface area (Å²) in [7, 11) is 0. The maximum absolute atomic E-state index is 12.2. The third-order valence-corrected chi connectivity index (χ3v) is 3.20. The maximum Gasteiger partial charge on any atom is 0.316 e. The molecule has 0 bridgehead atoms. The molecule has 6 heteroatoms. The van der Waals surface area contributed by atoms with E-state index in [1.165, 1.54) is 4.90 Å². The number of rotatable bonds is 1. The van der Waals surface area contributed by atoms with E-state index in [1.807, 2.05) is 24.3 Å². The van der Waals surface area contributed by atoms with E-state index < -0.39 is 11.8 Å². The number of carbonyl (C=O) groups is 2. The van der Waals surface area contributed by atoms with Crippen LogP contribution in [0.2, 0.25) is 0 Å². The van der Waals surface area contributed by atoms with Crippen LogP contribution in [0.15, 0.2) is 34.9 Å². The third-order valence-electron chi connectivity index (χ3n) is 3.20. The van der Waals surface area contributed by atoms with Crippen LogP contribution in [0.5, 0.6) is 0 Å². The van der Waals surface area contributed by atoms with Gasteiger partial charge in [0.15, 0.2) is 5.82 Å². The number of anilines is 2. The first kappa shape index (κ1) is 12.4. The Morgan fingerprint density at radius 3 is 2.90 bits per heavy atom. The fraction of sp³-hybridized carbons (Fsp3) is 0.214. The average molecular weight is 271 g/mol. The lowest BCUT2D eigenvalue weighted by molar-refractivity contribution is -0.134. The van der Waals surface area contributed by atoms with Crippen LogP contribution in [-0.2, 0) is 16.0 Å². The standard InChI is InChI=1S/C14H13N3O3/c1-9-8-12(16-20-9)15-13(18)14(19)17-7-6-10-4-2-3-5-11(10)17/h2-5,8H,6-7H2,1H3,(H,15,16,18). The molecule has 2 aromatic rings. The van der Waals surface area contributed by atoms with Crippen LogP contribution in [0.3, 0.4) is 0 Å². The van der Waals surface area contributed by atoms with Gasteiger partial charge in [-0.15, -0.1) is 0 Å². The minimum absolute atomic E-state index is 0.244. The Morgan fingerprint density at radius 2 is 2.15 bits per heavy atom. The van der Waals surface area contributed by atoms with Crippen molar-refractivity contribution in [3.63, 3.8) is 0 Å². The molecule has 3 rings (SSSR count). The SMILES string of the molecule is Cc1cc(NC(=O)C(=O)N2CCc3ccccc32)no1. The zero-order valence-electron chi connectivity index (χ0n) is 10.9. The smallest absolute Gasteiger partial charge is 0.316 e. The quantitative estimate of drug-likeness (QED) is 0.798. The van der Waals surface area contributed by atoms with Gasteiger partial charge in [0.1, 0.15) is 5.76 Å². The Kier molecular flexibility index (Phi) is 2.98. The lowest BCUT2D eigenvalue weighted by Gasteiger charge is -2.15. The third kappa shape index (κ3) is 2.16. The van der Waals surface area contributed by atoms with Gasteiger partial charge in [-0.3, -0.25) is 14.9 Å². The molecule has 1 aromatic heterocycles. The number of aromatic nitrogens is 1. The number of fused-ring (bicyclic) bond motifs is 1. The minimum Gasteiger partial charge on any atom is -0.360 e. The largest absolute Gasteiger partial charge is 0.360 e. The molecule has 1 N–H and O–H groups in total. The Balaban J connectivity index is 1.75.